The second kappa shape index (κ2) is 34.5. The smallest absolute Gasteiger partial charge is 0.408 e. The molecule has 0 bridgehead atoms. The van der Waals surface area contributed by atoms with Crippen LogP contribution in [0.5, 0.6) is 11.5 Å². The monoisotopic (exact) mass is 1260 g/mol. The summed E-state index contributed by atoms with van der Waals surface area (Å²) >= 11 is 0. The van der Waals surface area contributed by atoms with Gasteiger partial charge in [-0.2, -0.15) is 0 Å². The zero-order valence-corrected chi connectivity index (χ0v) is 55.0. The molecule has 21 nitrogen and oxygen atoms in total. The van der Waals surface area contributed by atoms with Crippen molar-refractivity contribution in [2.75, 3.05) is 59.4 Å². The largest absolute Gasteiger partial charge is 0.491 e. The van der Waals surface area contributed by atoms with E-state index < -0.39 is 70.9 Å². The lowest BCUT2D eigenvalue weighted by Crippen LogP contribution is -2.53. The third kappa shape index (κ3) is 24.7. The summed E-state index contributed by atoms with van der Waals surface area (Å²) < 4.78 is 57.0. The molecule has 2 saturated carbocycles. The maximum atomic E-state index is 13.8. The lowest BCUT2D eigenvalue weighted by molar-refractivity contribution is -0.159. The highest BCUT2D eigenvalue weighted by atomic mass is 16.6. The van der Waals surface area contributed by atoms with Crippen LogP contribution in [0, 0.1) is 17.3 Å². The number of alkyl carbamates (subject to hydrolysis) is 1. The van der Waals surface area contributed by atoms with Crippen molar-refractivity contribution in [3.8, 4) is 11.5 Å². The number of ether oxygens (including phenoxy) is 10. The van der Waals surface area contributed by atoms with Gasteiger partial charge in [-0.25, -0.2) is 19.2 Å². The third-order valence-electron chi connectivity index (χ3n) is 16.1. The molecule has 0 spiro atoms. The number of carbonyl (C=O) groups is 7. The van der Waals surface area contributed by atoms with E-state index >= 15 is 0 Å². The summed E-state index contributed by atoms with van der Waals surface area (Å²) in [5.41, 5.74) is 1.90. The number of carbonyl (C=O) groups excluding carboxylic acids is 7. The van der Waals surface area contributed by atoms with E-state index in [1.54, 1.807) is 86.6 Å². The van der Waals surface area contributed by atoms with Crippen LogP contribution in [-0.4, -0.2) is 142 Å². The molecule has 3 aliphatic carbocycles. The average molecular weight is 1260 g/mol. The number of fused-ring (bicyclic) bond motifs is 5. The van der Waals surface area contributed by atoms with Crippen molar-refractivity contribution < 1.29 is 80.9 Å². The molecule has 0 aromatic heterocycles. The summed E-state index contributed by atoms with van der Waals surface area (Å²) in [6.45, 7) is 22.5. The maximum Gasteiger partial charge on any atom is 0.408 e. The molecule has 8 atom stereocenters. The van der Waals surface area contributed by atoms with Gasteiger partial charge in [0.2, 0.25) is 5.91 Å². The molecule has 3 aliphatic rings. The van der Waals surface area contributed by atoms with Crippen molar-refractivity contribution >= 4 is 41.9 Å². The van der Waals surface area contributed by atoms with E-state index in [0.717, 1.165) is 55.4 Å². The Morgan fingerprint density at radius 1 is 0.600 bits per heavy atom. The van der Waals surface area contributed by atoms with Gasteiger partial charge in [-0.05, 0) is 191 Å². The van der Waals surface area contributed by atoms with Gasteiger partial charge in [0.15, 0.2) is 0 Å². The second-order valence-corrected chi connectivity index (χ2v) is 26.8. The highest BCUT2D eigenvalue weighted by Gasteiger charge is 2.56. The van der Waals surface area contributed by atoms with E-state index in [4.69, 9.17) is 47.4 Å². The molecule has 4 N–H and O–H groups in total. The number of amides is 4. The Morgan fingerprint density at radius 3 is 1.78 bits per heavy atom. The standard InChI is InChI=1S/C69H100N4O17/c1-46(74)87-59-30-28-55-54-26-22-49-44-51(25-27-52(49)53(54)32-33-69(55,59)11)85-42-40-83-38-36-81-35-37-82-39-41-84-50-23-20-47(21-24-50)43-58(73-65(80)86-45-48-17-13-12-14-18-48)61(76)70-34-16-15-19-56(62(77)89-67(5,6)7)71-64(79)72-57(63(78)90-68(8,9)10)29-31-60(75)88-66(2,3)4/h12-14,17-18,20-21,23-25,27,44,53-59H,15-16,19,22,26,28-43,45H2,1-11H3,(H,70,76)(H,73,80)(H2,71,72,79)/t53-,54-,55+,56-,57-,58-,59+,69+/m0/s1. The van der Waals surface area contributed by atoms with Crippen LogP contribution in [0.4, 0.5) is 9.59 Å². The Hall–Kier alpha value is -6.97. The number of unbranched alkanes of at least 4 members (excludes halogenated alkanes) is 1. The summed E-state index contributed by atoms with van der Waals surface area (Å²) in [7, 11) is 0. The van der Waals surface area contributed by atoms with Crippen LogP contribution in [0.15, 0.2) is 72.8 Å². The molecule has 0 radical (unpaired) electrons. The highest BCUT2D eigenvalue weighted by molar-refractivity contribution is 5.88. The second-order valence-electron chi connectivity index (χ2n) is 26.8. The van der Waals surface area contributed by atoms with Crippen molar-refractivity contribution in [2.45, 2.75) is 207 Å². The van der Waals surface area contributed by atoms with Gasteiger partial charge in [-0.3, -0.25) is 14.4 Å². The van der Waals surface area contributed by atoms with Crippen LogP contribution in [-0.2, 0) is 81.3 Å². The van der Waals surface area contributed by atoms with Gasteiger partial charge in [0, 0.05) is 31.7 Å². The summed E-state index contributed by atoms with van der Waals surface area (Å²) in [5, 5.41) is 10.8. The first-order valence-corrected chi connectivity index (χ1v) is 32.0. The van der Waals surface area contributed by atoms with Gasteiger partial charge < -0.3 is 68.6 Å². The number of esters is 4. The first-order valence-electron chi connectivity index (χ1n) is 32.0. The zero-order valence-electron chi connectivity index (χ0n) is 55.0. The minimum absolute atomic E-state index is 0.00196. The van der Waals surface area contributed by atoms with Crippen molar-refractivity contribution in [1.29, 1.82) is 0 Å². The molecule has 3 aromatic rings. The molecule has 0 saturated heterocycles. The van der Waals surface area contributed by atoms with E-state index in [0.29, 0.717) is 89.2 Å². The minimum Gasteiger partial charge on any atom is -0.491 e. The number of rotatable bonds is 33. The summed E-state index contributed by atoms with van der Waals surface area (Å²) in [5.74, 6) is 0.553. The van der Waals surface area contributed by atoms with Crippen molar-refractivity contribution in [2.24, 2.45) is 17.3 Å². The Balaban J connectivity index is 0.881. The fourth-order valence-electron chi connectivity index (χ4n) is 12.1. The fourth-order valence-corrected chi connectivity index (χ4v) is 12.1. The van der Waals surface area contributed by atoms with Gasteiger partial charge in [0.05, 0.1) is 39.6 Å². The van der Waals surface area contributed by atoms with Crippen molar-refractivity contribution in [1.82, 2.24) is 21.3 Å². The Bertz CT molecular complexity index is 2790. The molecule has 498 valence electrons. The predicted octanol–water partition coefficient (Wildman–Crippen LogP) is 9.95. The van der Waals surface area contributed by atoms with Gasteiger partial charge in [-0.1, -0.05) is 55.5 Å². The maximum absolute atomic E-state index is 13.8. The number of hydrogen-bond acceptors (Lipinski definition) is 17. The van der Waals surface area contributed by atoms with E-state index in [2.05, 4.69) is 46.4 Å². The summed E-state index contributed by atoms with van der Waals surface area (Å²) in [4.78, 5) is 91.3. The van der Waals surface area contributed by atoms with Crippen LogP contribution in [0.1, 0.15) is 169 Å². The van der Waals surface area contributed by atoms with Gasteiger partial charge in [0.1, 0.15) is 72.4 Å². The van der Waals surface area contributed by atoms with E-state index in [1.807, 2.05) is 30.3 Å². The quantitative estimate of drug-likeness (QED) is 0.0251. The van der Waals surface area contributed by atoms with Gasteiger partial charge >= 0.3 is 36.0 Å². The predicted molar refractivity (Wildman–Crippen MR) is 337 cm³/mol. The number of aryl methyl sites for hydroxylation is 1. The van der Waals surface area contributed by atoms with Crippen LogP contribution in [0.2, 0.25) is 0 Å². The molecule has 0 heterocycles. The van der Waals surface area contributed by atoms with Gasteiger partial charge in [-0.15, -0.1) is 0 Å². The van der Waals surface area contributed by atoms with E-state index in [-0.39, 0.29) is 56.3 Å². The number of benzene rings is 3. The highest BCUT2D eigenvalue weighted by Crippen LogP contribution is 2.61. The third-order valence-corrected chi connectivity index (χ3v) is 16.1. The van der Waals surface area contributed by atoms with E-state index in [1.165, 1.54) is 18.1 Å². The zero-order chi connectivity index (χ0) is 65.5. The Labute approximate surface area is 532 Å². The van der Waals surface area contributed by atoms with Crippen LogP contribution in [0.25, 0.3) is 0 Å². The molecule has 0 unspecified atom stereocenters. The van der Waals surface area contributed by atoms with Crippen LogP contribution < -0.4 is 30.7 Å². The molecule has 0 aliphatic heterocycles. The van der Waals surface area contributed by atoms with Crippen molar-refractivity contribution in [3.05, 3.63) is 95.1 Å². The molecule has 90 heavy (non-hydrogen) atoms. The van der Waals surface area contributed by atoms with Gasteiger partial charge in [0.25, 0.3) is 0 Å². The van der Waals surface area contributed by atoms with Crippen LogP contribution in [0.3, 0.4) is 0 Å². The molecule has 6 rings (SSSR count). The van der Waals surface area contributed by atoms with Crippen molar-refractivity contribution in [3.63, 3.8) is 0 Å². The minimum atomic E-state index is -1.24. The first kappa shape index (κ1) is 72.1. The number of urea groups is 1. The Morgan fingerprint density at radius 2 is 1.18 bits per heavy atom. The lowest BCUT2D eigenvalue weighted by Gasteiger charge is -2.50. The molecule has 4 amide bonds. The van der Waals surface area contributed by atoms with E-state index in [9.17, 15) is 33.6 Å². The summed E-state index contributed by atoms with van der Waals surface area (Å²) in [6, 6.07) is 18.6. The molecule has 2 fully saturated rings. The van der Waals surface area contributed by atoms with Crippen LogP contribution >= 0.6 is 0 Å². The fraction of sp³-hybridized carbons (Fsp3) is 0.638. The molecular formula is C69H100N4O17. The topological polar surface area (TPSA) is 260 Å². The summed E-state index contributed by atoms with van der Waals surface area (Å²) in [6.07, 6.45) is 6.41. The average Bonchev–Trinajstić information content (AvgIpc) is 1.46. The normalized spacial score (nSPS) is 19.6. The SMILES string of the molecule is CC(=O)O[C@@H]1CC[C@@H]2[C@H]3CCc4cc(OCCOCCOCCOCCOc5ccc(C[C@H](NC(=O)OCc6ccccc6)C(=O)NCCCC[C@H](NC(=O)N[C@@H](CCC(=O)OC(C)(C)C)C(=O)OC(C)(C)C)C(=O)OC(C)(C)C)cc5)ccc4[C@@H]3CC[C@]21C. The first-order chi connectivity index (χ1) is 42.6. The number of nitrogens with one attached hydrogen (secondary N) is 4. The molecular weight excluding hydrogens is 1160 g/mol. The lowest BCUT2D eigenvalue weighted by atomic mass is 9.55. The molecule has 21 heteroatoms. The molecule has 3 aromatic carbocycles. The Kier molecular flexibility index (Phi) is 27.6. The number of hydrogen-bond donors (Lipinski definition) is 4.